The number of benzene rings is 1. The molecule has 1 aromatic carbocycles. The van der Waals surface area contributed by atoms with Gasteiger partial charge in [0, 0.05) is 31.9 Å². The molecule has 4 aromatic rings. The topological polar surface area (TPSA) is 93.5 Å². The molecule has 0 N–H and O–H groups in total. The highest BCUT2D eigenvalue weighted by atomic mass is 19.1. The molecule has 2 aliphatic heterocycles. The number of nitrogens with zero attached hydrogens (tertiary/aromatic N) is 6. The molecule has 0 saturated carbocycles. The van der Waals surface area contributed by atoms with Crippen LogP contribution < -0.4 is 15.3 Å². The van der Waals surface area contributed by atoms with Crippen molar-refractivity contribution in [3.8, 4) is 22.7 Å². The van der Waals surface area contributed by atoms with Gasteiger partial charge in [-0.2, -0.15) is 4.98 Å². The van der Waals surface area contributed by atoms with Crippen molar-refractivity contribution in [2.75, 3.05) is 31.1 Å². The largest absolute Gasteiger partial charge is 0.493 e. The van der Waals surface area contributed by atoms with Crippen molar-refractivity contribution in [1.29, 1.82) is 0 Å². The van der Waals surface area contributed by atoms with Crippen LogP contribution in [0, 0.1) is 18.6 Å². The molecule has 0 radical (unpaired) electrons. The summed E-state index contributed by atoms with van der Waals surface area (Å²) in [4.78, 5) is 43.3. The second kappa shape index (κ2) is 11.0. The molecule has 1 saturated heterocycles. The van der Waals surface area contributed by atoms with Crippen LogP contribution in [0.2, 0.25) is 0 Å². The molecular formula is C31H30F2N6O3. The van der Waals surface area contributed by atoms with Gasteiger partial charge in [-0.25, -0.2) is 23.1 Å². The van der Waals surface area contributed by atoms with Crippen LogP contribution in [0.1, 0.15) is 31.0 Å². The Kier molecular flexibility index (Phi) is 7.17. The third-order valence-corrected chi connectivity index (χ3v) is 7.91. The Morgan fingerprint density at radius 3 is 2.76 bits per heavy atom. The lowest BCUT2D eigenvalue weighted by Crippen LogP contribution is -2.54. The van der Waals surface area contributed by atoms with Crippen molar-refractivity contribution in [3.05, 3.63) is 82.6 Å². The van der Waals surface area contributed by atoms with Gasteiger partial charge < -0.3 is 14.5 Å². The lowest BCUT2D eigenvalue weighted by Gasteiger charge is -2.40. The molecule has 42 heavy (non-hydrogen) atoms. The minimum absolute atomic E-state index is 0.110. The summed E-state index contributed by atoms with van der Waals surface area (Å²) in [5.41, 5.74) is 1.11. The van der Waals surface area contributed by atoms with Gasteiger partial charge in [-0.15, -0.1) is 0 Å². The smallest absolute Gasteiger partial charge is 0.355 e. The van der Waals surface area contributed by atoms with E-state index in [1.54, 1.807) is 24.1 Å². The average Bonchev–Trinajstić information content (AvgIpc) is 2.98. The van der Waals surface area contributed by atoms with Crippen molar-refractivity contribution in [3.63, 3.8) is 0 Å². The summed E-state index contributed by atoms with van der Waals surface area (Å²) < 4.78 is 38.7. The first-order valence-corrected chi connectivity index (χ1v) is 14.0. The normalized spacial score (nSPS) is 17.0. The zero-order chi connectivity index (χ0) is 29.5. The number of amides is 1. The van der Waals surface area contributed by atoms with Gasteiger partial charge in [0.05, 0.1) is 28.9 Å². The molecule has 9 nitrogen and oxygen atoms in total. The molecule has 5 heterocycles. The van der Waals surface area contributed by atoms with E-state index >= 15 is 8.78 Å². The minimum Gasteiger partial charge on any atom is -0.493 e. The Bertz CT molecular complexity index is 1790. The van der Waals surface area contributed by atoms with Gasteiger partial charge in [-0.05, 0) is 69.0 Å². The SMILES string of the molecule is C=CC(=O)N1CCN(c2nc(=O)n3c4nc(c(F)cc24)-c2c(F)cccc2OCCCCc2ccnc(C)c2-3)[C@@H](C)C1. The quantitative estimate of drug-likeness (QED) is 0.330. The van der Waals surface area contributed by atoms with E-state index in [-0.39, 0.29) is 45.8 Å². The molecule has 1 amide bonds. The summed E-state index contributed by atoms with van der Waals surface area (Å²) in [7, 11) is 0. The van der Waals surface area contributed by atoms with E-state index in [1.165, 1.54) is 28.8 Å². The molecular weight excluding hydrogens is 542 g/mol. The first-order chi connectivity index (χ1) is 20.3. The molecule has 2 aliphatic rings. The first kappa shape index (κ1) is 27.5. The van der Waals surface area contributed by atoms with E-state index in [0.717, 1.165) is 12.0 Å². The maximum absolute atomic E-state index is 16.1. The summed E-state index contributed by atoms with van der Waals surface area (Å²) >= 11 is 0. The van der Waals surface area contributed by atoms with Crippen molar-refractivity contribution in [2.24, 2.45) is 0 Å². The van der Waals surface area contributed by atoms with Gasteiger partial charge in [-0.1, -0.05) is 12.6 Å². The molecule has 2 bridgehead atoms. The fourth-order valence-corrected chi connectivity index (χ4v) is 5.88. The molecule has 1 atom stereocenters. The van der Waals surface area contributed by atoms with E-state index < -0.39 is 17.3 Å². The number of halogens is 2. The Morgan fingerprint density at radius 2 is 1.98 bits per heavy atom. The van der Waals surface area contributed by atoms with Crippen LogP contribution in [-0.4, -0.2) is 62.6 Å². The van der Waals surface area contributed by atoms with E-state index in [0.29, 0.717) is 50.5 Å². The van der Waals surface area contributed by atoms with Crippen LogP contribution in [-0.2, 0) is 11.2 Å². The van der Waals surface area contributed by atoms with Crippen LogP contribution in [0.15, 0.2) is 54.0 Å². The van der Waals surface area contributed by atoms with Crippen LogP contribution >= 0.6 is 0 Å². The van der Waals surface area contributed by atoms with E-state index in [4.69, 9.17) is 4.74 Å². The summed E-state index contributed by atoms with van der Waals surface area (Å²) in [6.07, 6.45) is 4.97. The van der Waals surface area contributed by atoms with Gasteiger partial charge in [0.25, 0.3) is 0 Å². The van der Waals surface area contributed by atoms with Gasteiger partial charge in [0.15, 0.2) is 11.5 Å². The number of pyridine rings is 2. The summed E-state index contributed by atoms with van der Waals surface area (Å²) in [5, 5.41) is 0.286. The van der Waals surface area contributed by atoms with E-state index in [9.17, 15) is 9.59 Å². The van der Waals surface area contributed by atoms with Crippen LogP contribution in [0.4, 0.5) is 14.6 Å². The zero-order valence-electron chi connectivity index (χ0n) is 23.4. The monoisotopic (exact) mass is 572 g/mol. The first-order valence-electron chi connectivity index (χ1n) is 14.0. The van der Waals surface area contributed by atoms with Crippen molar-refractivity contribution >= 4 is 22.8 Å². The third kappa shape index (κ3) is 4.68. The number of carbonyl (C=O) groups is 1. The molecule has 0 aliphatic carbocycles. The lowest BCUT2D eigenvalue weighted by molar-refractivity contribution is -0.126. The number of anilines is 1. The molecule has 6 rings (SSSR count). The van der Waals surface area contributed by atoms with Gasteiger partial charge >= 0.3 is 5.69 Å². The molecule has 0 unspecified atom stereocenters. The van der Waals surface area contributed by atoms with Gasteiger partial charge in [-0.3, -0.25) is 9.78 Å². The predicted octanol–water partition coefficient (Wildman–Crippen LogP) is 4.37. The minimum atomic E-state index is -0.781. The number of aryl methyl sites for hydroxylation is 2. The maximum Gasteiger partial charge on any atom is 0.355 e. The highest BCUT2D eigenvalue weighted by Gasteiger charge is 2.31. The number of hydrogen-bond donors (Lipinski definition) is 0. The fourth-order valence-electron chi connectivity index (χ4n) is 5.88. The third-order valence-electron chi connectivity index (χ3n) is 7.91. The number of carbonyl (C=O) groups excluding carboxylic acids is 1. The molecule has 3 aromatic heterocycles. The van der Waals surface area contributed by atoms with Gasteiger partial charge in [0.1, 0.15) is 23.1 Å². The highest BCUT2D eigenvalue weighted by molar-refractivity contribution is 5.91. The molecule has 0 spiro atoms. The lowest BCUT2D eigenvalue weighted by atomic mass is 10.1. The average molecular weight is 573 g/mol. The van der Waals surface area contributed by atoms with Crippen molar-refractivity contribution < 1.29 is 18.3 Å². The Labute approximate surface area is 241 Å². The van der Waals surface area contributed by atoms with Gasteiger partial charge in [0.2, 0.25) is 5.91 Å². The second-order valence-electron chi connectivity index (χ2n) is 10.6. The van der Waals surface area contributed by atoms with E-state index in [1.807, 2.05) is 17.9 Å². The van der Waals surface area contributed by atoms with Crippen molar-refractivity contribution in [1.82, 2.24) is 24.4 Å². The zero-order valence-corrected chi connectivity index (χ0v) is 23.4. The number of rotatable bonds is 2. The second-order valence-corrected chi connectivity index (χ2v) is 10.6. The molecule has 216 valence electrons. The Balaban J connectivity index is 1.66. The predicted molar refractivity (Wildman–Crippen MR) is 155 cm³/mol. The number of aromatic nitrogens is 4. The van der Waals surface area contributed by atoms with Crippen LogP contribution in [0.5, 0.6) is 5.75 Å². The Morgan fingerprint density at radius 1 is 1.14 bits per heavy atom. The summed E-state index contributed by atoms with van der Waals surface area (Å²) in [6, 6.07) is 7.19. The summed E-state index contributed by atoms with van der Waals surface area (Å²) in [5.74, 6) is -1.23. The maximum atomic E-state index is 16.1. The standard InChI is InChI=1S/C31H30F2N6O3/c1-4-25(40)37-13-14-38(18(2)17-37)29-21-16-23(33)27-26-22(32)9-7-10-24(26)42-15-6-5-8-20-11-12-34-19(3)28(20)39(30(21)35-27)31(41)36-29/h4,7,9-12,16,18H,1,5-6,8,13-15,17H2,2-3H3/t18-/m0/s1. The number of ether oxygens (including phenoxy) is 1. The summed E-state index contributed by atoms with van der Waals surface area (Å²) in [6.45, 7) is 8.67. The Hall–Kier alpha value is -4.67. The number of hydrogen-bond acceptors (Lipinski definition) is 7. The fraction of sp³-hybridized carbons (Fsp3) is 0.323. The molecule has 11 heteroatoms. The highest BCUT2D eigenvalue weighted by Crippen LogP contribution is 2.37. The molecule has 1 fully saturated rings. The van der Waals surface area contributed by atoms with E-state index in [2.05, 4.69) is 21.5 Å². The van der Waals surface area contributed by atoms with Crippen LogP contribution in [0.3, 0.4) is 0 Å². The van der Waals surface area contributed by atoms with Crippen molar-refractivity contribution in [2.45, 2.75) is 39.2 Å². The number of piperazine rings is 1. The number of fused-ring (bicyclic) bond motifs is 5. The van der Waals surface area contributed by atoms with Crippen LogP contribution in [0.25, 0.3) is 28.0 Å².